The first-order chi connectivity index (χ1) is 22.2. The Morgan fingerprint density at radius 3 is 1.52 bits per heavy atom. The number of rotatable bonds is 17. The van der Waals surface area contributed by atoms with Gasteiger partial charge in [-0.05, 0) is 47.0 Å². The van der Waals surface area contributed by atoms with Crippen LogP contribution in [0.4, 0.5) is 0 Å². The Morgan fingerprint density at radius 2 is 1.15 bits per heavy atom. The topological polar surface area (TPSA) is 65.0 Å². The molecule has 0 aliphatic carbocycles. The standard InChI is InChI=1S/C12H14B10O3.C10H12B10O2.CH4/c1-9(23)24-7-10-3-2-4-12(5-10)25-8-11-6-18(11)22(20(15)16)21(17)19(13)14;11-17(12)19(15)20(18(13)14)16-5-9(16)7-22-10-3-1-2-8(4-10)6-21;/h2-5,11H,6-8H2,1H3;1-4,9,21H,5-7H2;1H4. The summed E-state index contributed by atoms with van der Waals surface area (Å²) in [6.07, 6.45) is -1.62. The maximum atomic E-state index is 10.9. The zero-order valence-electron chi connectivity index (χ0n) is 27.1. The fraction of sp³-hybridized carbons (Fsp3) is 0.435. The van der Waals surface area contributed by atoms with Crippen LogP contribution in [0.3, 0.4) is 0 Å². The van der Waals surface area contributed by atoms with Crippen LogP contribution in [0.15, 0.2) is 48.5 Å². The van der Waals surface area contributed by atoms with Crippen molar-refractivity contribution in [2.45, 2.75) is 51.8 Å². The molecule has 0 spiro atoms. The fourth-order valence-electron chi connectivity index (χ4n) is 6.09. The van der Waals surface area contributed by atoms with E-state index in [1.165, 1.54) is 6.92 Å². The first kappa shape index (κ1) is 42.9. The third-order valence-electron chi connectivity index (χ3n) is 8.96. The molecule has 0 saturated carbocycles. The Kier molecular flexibility index (Phi) is 18.4. The van der Waals surface area contributed by atoms with E-state index in [-0.39, 0.29) is 52.6 Å². The van der Waals surface area contributed by atoms with Crippen molar-refractivity contribution in [2.75, 3.05) is 13.2 Å². The summed E-state index contributed by atoms with van der Waals surface area (Å²) >= 11 is 0. The Bertz CT molecular complexity index is 1260. The van der Waals surface area contributed by atoms with Gasteiger partial charge >= 0.3 is 5.97 Å². The summed E-state index contributed by atoms with van der Waals surface area (Å²) in [5.74, 6) is 1.82. The molecule has 2 aliphatic heterocycles. The predicted molar refractivity (Wildman–Crippen MR) is 224 cm³/mol. The molecule has 2 saturated heterocycles. The highest BCUT2D eigenvalue weighted by Gasteiger charge is 2.51. The Labute approximate surface area is 306 Å². The van der Waals surface area contributed by atoms with Gasteiger partial charge in [0, 0.05) is 135 Å². The van der Waals surface area contributed by atoms with Crippen molar-refractivity contribution in [3.63, 3.8) is 0 Å². The Morgan fingerprint density at radius 1 is 0.729 bits per heavy atom. The number of hydrogen-bond donors (Lipinski definition) is 1. The van der Waals surface area contributed by atoms with E-state index in [4.69, 9.17) is 96.7 Å². The lowest BCUT2D eigenvalue weighted by Crippen LogP contribution is -2.63. The van der Waals surface area contributed by atoms with E-state index >= 15 is 0 Å². The molecule has 2 heterocycles. The smallest absolute Gasteiger partial charge is 0.302 e. The van der Waals surface area contributed by atoms with Crippen LogP contribution in [0.5, 0.6) is 11.5 Å². The second-order valence-electron chi connectivity index (χ2n) is 12.8. The third kappa shape index (κ3) is 13.5. The minimum Gasteiger partial charge on any atom is -0.494 e. The summed E-state index contributed by atoms with van der Waals surface area (Å²) in [5, 5.41) is 9.12. The second kappa shape index (κ2) is 20.6. The van der Waals surface area contributed by atoms with Gasteiger partial charge in [-0.2, -0.15) is 0 Å². The molecule has 4 rings (SSSR count). The molecule has 5 nitrogen and oxygen atoms in total. The number of benzene rings is 2. The number of hydrogen-bond acceptors (Lipinski definition) is 5. The predicted octanol–water partition coefficient (Wildman–Crippen LogP) is -2.68. The molecular weight excluding hydrogens is 572 g/mol. The Balaban J connectivity index is 0.000000329. The molecule has 212 valence electrons. The average molecular weight is 603 g/mol. The molecular formula is C23H30B20O5. The van der Waals surface area contributed by atoms with Gasteiger partial charge in [0.05, 0.1) is 33.0 Å². The van der Waals surface area contributed by atoms with Crippen LogP contribution < -0.4 is 9.47 Å². The van der Waals surface area contributed by atoms with E-state index < -0.39 is 38.3 Å². The number of esters is 1. The van der Waals surface area contributed by atoms with Crippen LogP contribution >= 0.6 is 0 Å². The molecule has 2 unspecified atom stereocenters. The van der Waals surface area contributed by atoms with Gasteiger partial charge in [-0.3, -0.25) is 4.79 Å². The number of carbonyl (C=O) groups excluding carboxylic acids is 1. The van der Waals surface area contributed by atoms with Gasteiger partial charge in [-0.15, -0.1) is 0 Å². The van der Waals surface area contributed by atoms with Crippen LogP contribution in [0, 0.1) is 0 Å². The van der Waals surface area contributed by atoms with Crippen molar-refractivity contribution in [1.82, 2.24) is 0 Å². The Hall–Kier alpha value is -1.23. The lowest BCUT2D eigenvalue weighted by atomic mass is 8.57. The SMILES string of the molecule is C.[B]B([B])B([B])B(B([B])[B])B1CC1COc1cccc(CO)c1.[B]B([B])B([B])B(B([B])[B])B1CC1COc1cccc(COC(C)=O)c1. The van der Waals surface area contributed by atoms with Crippen molar-refractivity contribution in [1.29, 1.82) is 0 Å². The molecule has 2 fully saturated rings. The van der Waals surface area contributed by atoms with Gasteiger partial charge in [0.25, 0.3) is 0 Å². The van der Waals surface area contributed by atoms with Crippen LogP contribution in [-0.4, -0.2) is 166 Å². The minimum absolute atomic E-state index is 0. The van der Waals surface area contributed by atoms with Crippen molar-refractivity contribution in [3.8, 4) is 11.5 Å². The van der Waals surface area contributed by atoms with E-state index in [9.17, 15) is 4.79 Å². The highest BCUT2D eigenvalue weighted by atomic mass is 16.5. The number of aliphatic hydroxyl groups excluding tert-OH is 1. The molecule has 1 N–H and O–H groups in total. The van der Waals surface area contributed by atoms with Crippen LogP contribution in [0.25, 0.3) is 0 Å². The van der Waals surface area contributed by atoms with Gasteiger partial charge < -0.3 is 19.3 Å². The van der Waals surface area contributed by atoms with Gasteiger partial charge in [-0.25, -0.2) is 0 Å². The van der Waals surface area contributed by atoms with Gasteiger partial charge in [0.2, 0.25) is 0 Å². The zero-order valence-corrected chi connectivity index (χ0v) is 27.1. The zero-order chi connectivity index (χ0) is 34.8. The molecule has 20 radical (unpaired) electrons. The van der Waals surface area contributed by atoms with E-state index in [1.807, 2.05) is 48.5 Å². The fourth-order valence-corrected chi connectivity index (χ4v) is 6.09. The number of aliphatic hydroxyl groups is 1. The maximum Gasteiger partial charge on any atom is 0.302 e. The molecule has 2 aromatic rings. The van der Waals surface area contributed by atoms with Gasteiger partial charge in [0.15, 0.2) is 0 Å². The lowest BCUT2D eigenvalue weighted by Gasteiger charge is -2.25. The number of ether oxygens (including phenoxy) is 3. The summed E-state index contributed by atoms with van der Waals surface area (Å²) in [6, 6.07) is 14.8. The van der Waals surface area contributed by atoms with Gasteiger partial charge in [0.1, 0.15) is 18.1 Å². The summed E-state index contributed by atoms with van der Waals surface area (Å²) < 4.78 is 16.6. The number of carbonyl (C=O) groups is 1. The summed E-state index contributed by atoms with van der Waals surface area (Å²) in [4.78, 5) is 10.9. The van der Waals surface area contributed by atoms with Crippen molar-refractivity contribution >= 4 is 148 Å². The summed E-state index contributed by atoms with van der Waals surface area (Å²) in [7, 11) is 58.2. The van der Waals surface area contributed by atoms with E-state index in [0.29, 0.717) is 24.8 Å². The molecule has 2 aliphatic rings. The molecule has 25 heteroatoms. The molecule has 0 amide bonds. The second-order valence-corrected chi connectivity index (χ2v) is 12.8. The summed E-state index contributed by atoms with van der Waals surface area (Å²) in [6.45, 7) is 3.25. The summed E-state index contributed by atoms with van der Waals surface area (Å²) in [5.41, 5.74) is 1.70. The van der Waals surface area contributed by atoms with Crippen molar-refractivity contribution < 1.29 is 24.1 Å². The lowest BCUT2D eigenvalue weighted by molar-refractivity contribution is -0.142. The average Bonchev–Trinajstić information content (AvgIpc) is 3.95. The van der Waals surface area contributed by atoms with E-state index in [2.05, 4.69) is 0 Å². The monoisotopic (exact) mass is 606 g/mol. The highest BCUT2D eigenvalue weighted by molar-refractivity contribution is 8.01. The normalized spacial score (nSPS) is 15.3. The first-order valence-corrected chi connectivity index (χ1v) is 16.0. The van der Waals surface area contributed by atoms with Crippen LogP contribution in [0.1, 0.15) is 25.5 Å². The van der Waals surface area contributed by atoms with Gasteiger partial charge in [-0.1, -0.05) is 44.3 Å². The molecule has 48 heavy (non-hydrogen) atoms. The minimum atomic E-state index is -0.653. The van der Waals surface area contributed by atoms with Crippen LogP contribution in [0.2, 0.25) is 24.3 Å². The van der Waals surface area contributed by atoms with Crippen LogP contribution in [-0.2, 0) is 22.7 Å². The molecule has 0 aromatic heterocycles. The molecule has 2 aromatic carbocycles. The maximum absolute atomic E-state index is 10.9. The largest absolute Gasteiger partial charge is 0.494 e. The van der Waals surface area contributed by atoms with Crippen molar-refractivity contribution in [3.05, 3.63) is 59.7 Å². The molecule has 2 atom stereocenters. The molecule has 0 bridgehead atoms. The third-order valence-corrected chi connectivity index (χ3v) is 8.96. The van der Waals surface area contributed by atoms with E-state index in [0.717, 1.165) is 35.3 Å². The van der Waals surface area contributed by atoms with Crippen molar-refractivity contribution in [2.24, 2.45) is 0 Å². The first-order valence-electron chi connectivity index (χ1n) is 16.0. The highest BCUT2D eigenvalue weighted by Crippen LogP contribution is 2.40. The quantitative estimate of drug-likeness (QED) is 0.158. The van der Waals surface area contributed by atoms with E-state index in [1.54, 1.807) is 0 Å².